The molecule has 0 radical (unpaired) electrons. The van der Waals surface area contributed by atoms with E-state index in [0.29, 0.717) is 16.8 Å². The van der Waals surface area contributed by atoms with Crippen LogP contribution < -0.4 is 10.1 Å². The number of nitrogens with one attached hydrogen (secondary N) is 1. The second-order valence-electron chi connectivity index (χ2n) is 5.55. The highest BCUT2D eigenvalue weighted by atomic mass is 32.1. The van der Waals surface area contributed by atoms with E-state index in [1.54, 1.807) is 6.92 Å². The fraction of sp³-hybridized carbons (Fsp3) is 0.438. The van der Waals surface area contributed by atoms with E-state index in [4.69, 9.17) is 4.74 Å². The average molecular weight is 319 g/mol. The summed E-state index contributed by atoms with van der Waals surface area (Å²) in [6.45, 7) is 9.92. The van der Waals surface area contributed by atoms with E-state index in [9.17, 15) is 4.79 Å². The van der Waals surface area contributed by atoms with Crippen LogP contribution in [-0.4, -0.2) is 22.2 Å². The lowest BCUT2D eigenvalue weighted by Crippen LogP contribution is -2.30. The molecule has 1 N–H and O–H groups in total. The number of carbonyl (C=O) groups is 1. The van der Waals surface area contributed by atoms with Gasteiger partial charge >= 0.3 is 0 Å². The third kappa shape index (κ3) is 4.04. The van der Waals surface area contributed by atoms with Gasteiger partial charge in [-0.25, -0.2) is 0 Å². The monoisotopic (exact) mass is 319 g/mol. The number of carbonyl (C=O) groups excluding carboxylic acids is 1. The predicted octanol–water partition coefficient (Wildman–Crippen LogP) is 3.68. The maximum atomic E-state index is 12.1. The Morgan fingerprint density at radius 3 is 2.50 bits per heavy atom. The molecule has 1 atom stereocenters. The number of aryl methyl sites for hydroxylation is 2. The van der Waals surface area contributed by atoms with Crippen molar-refractivity contribution in [2.75, 3.05) is 5.32 Å². The van der Waals surface area contributed by atoms with Gasteiger partial charge in [0, 0.05) is 0 Å². The Kier molecular flexibility index (Phi) is 5.13. The van der Waals surface area contributed by atoms with E-state index in [-0.39, 0.29) is 5.91 Å². The number of nitrogens with zero attached hydrogens (tertiary/aromatic N) is 2. The van der Waals surface area contributed by atoms with Crippen molar-refractivity contribution in [1.82, 2.24) is 10.2 Å². The molecule has 1 aromatic carbocycles. The largest absolute Gasteiger partial charge is 0.481 e. The summed E-state index contributed by atoms with van der Waals surface area (Å²) in [6.07, 6.45) is -0.603. The molecule has 0 fully saturated rings. The number of hydrogen-bond acceptors (Lipinski definition) is 5. The van der Waals surface area contributed by atoms with Crippen molar-refractivity contribution in [3.63, 3.8) is 0 Å². The molecular weight excluding hydrogens is 298 g/mol. The van der Waals surface area contributed by atoms with Gasteiger partial charge in [-0.2, -0.15) is 0 Å². The number of aromatic nitrogens is 2. The normalized spacial score (nSPS) is 12.3. The highest BCUT2D eigenvalue weighted by Crippen LogP contribution is 2.24. The van der Waals surface area contributed by atoms with Crippen molar-refractivity contribution in [1.29, 1.82) is 0 Å². The number of rotatable bonds is 5. The smallest absolute Gasteiger partial charge is 0.266 e. The van der Waals surface area contributed by atoms with E-state index in [1.165, 1.54) is 22.5 Å². The van der Waals surface area contributed by atoms with Crippen molar-refractivity contribution < 1.29 is 9.53 Å². The quantitative estimate of drug-likeness (QED) is 0.913. The number of hydrogen-bond donors (Lipinski definition) is 1. The average Bonchev–Trinajstić information content (AvgIpc) is 2.83. The lowest BCUT2D eigenvalue weighted by molar-refractivity contribution is -0.122. The summed E-state index contributed by atoms with van der Waals surface area (Å²) in [5, 5.41) is 11.7. The van der Waals surface area contributed by atoms with Gasteiger partial charge in [-0.05, 0) is 49.9 Å². The number of anilines is 1. The third-order valence-corrected chi connectivity index (χ3v) is 4.06. The van der Waals surface area contributed by atoms with Crippen molar-refractivity contribution in [3.8, 4) is 5.75 Å². The maximum absolute atomic E-state index is 12.1. The number of benzene rings is 1. The van der Waals surface area contributed by atoms with Crippen molar-refractivity contribution in [3.05, 3.63) is 34.3 Å². The van der Waals surface area contributed by atoms with Gasteiger partial charge in [0.1, 0.15) is 10.8 Å². The molecule has 1 aromatic heterocycles. The zero-order chi connectivity index (χ0) is 16.3. The van der Waals surface area contributed by atoms with Crippen LogP contribution in [0.15, 0.2) is 18.2 Å². The van der Waals surface area contributed by atoms with Crippen molar-refractivity contribution in [2.24, 2.45) is 0 Å². The van der Waals surface area contributed by atoms with E-state index < -0.39 is 6.10 Å². The van der Waals surface area contributed by atoms with Crippen molar-refractivity contribution in [2.45, 2.75) is 46.6 Å². The molecule has 1 heterocycles. The van der Waals surface area contributed by atoms with Gasteiger partial charge in [-0.1, -0.05) is 31.3 Å². The summed E-state index contributed by atoms with van der Waals surface area (Å²) in [7, 11) is 0. The van der Waals surface area contributed by atoms with Crippen LogP contribution in [0.2, 0.25) is 0 Å². The van der Waals surface area contributed by atoms with Crippen molar-refractivity contribution >= 4 is 22.4 Å². The topological polar surface area (TPSA) is 64.1 Å². The number of ether oxygens (including phenoxy) is 1. The number of amides is 1. The van der Waals surface area contributed by atoms with E-state index in [0.717, 1.165) is 5.01 Å². The van der Waals surface area contributed by atoms with Crippen LogP contribution in [0, 0.1) is 13.8 Å². The molecule has 0 bridgehead atoms. The molecular formula is C16H21N3O2S. The zero-order valence-electron chi connectivity index (χ0n) is 13.5. The van der Waals surface area contributed by atoms with Gasteiger partial charge in [-0.3, -0.25) is 10.1 Å². The van der Waals surface area contributed by atoms with Gasteiger partial charge in [-0.15, -0.1) is 10.2 Å². The standard InChI is InChI=1S/C16H21N3O2S/c1-9(2)14-7-6-13(8-10(14)3)21-11(4)15(20)17-16-19-18-12(5)22-16/h6-9,11H,1-5H3,(H,17,19,20). The minimum atomic E-state index is -0.603. The summed E-state index contributed by atoms with van der Waals surface area (Å²) >= 11 is 1.34. The van der Waals surface area contributed by atoms with E-state index in [2.05, 4.69) is 36.3 Å². The van der Waals surface area contributed by atoms with Gasteiger partial charge in [0.2, 0.25) is 5.13 Å². The molecule has 0 aliphatic carbocycles. The minimum absolute atomic E-state index is 0.235. The first-order valence-electron chi connectivity index (χ1n) is 7.25. The zero-order valence-corrected chi connectivity index (χ0v) is 14.3. The Morgan fingerprint density at radius 2 is 1.95 bits per heavy atom. The third-order valence-electron chi connectivity index (χ3n) is 3.30. The van der Waals surface area contributed by atoms with Gasteiger partial charge in [0.05, 0.1) is 0 Å². The Hall–Kier alpha value is -1.95. The predicted molar refractivity (Wildman–Crippen MR) is 88.6 cm³/mol. The van der Waals surface area contributed by atoms with Crippen LogP contribution in [0.5, 0.6) is 5.75 Å². The van der Waals surface area contributed by atoms with Gasteiger partial charge in [0.25, 0.3) is 5.91 Å². The highest BCUT2D eigenvalue weighted by molar-refractivity contribution is 7.15. The SMILES string of the molecule is Cc1nnc(NC(=O)C(C)Oc2ccc(C(C)C)c(C)c2)s1. The first-order valence-corrected chi connectivity index (χ1v) is 8.06. The maximum Gasteiger partial charge on any atom is 0.266 e. The summed E-state index contributed by atoms with van der Waals surface area (Å²) < 4.78 is 5.72. The second kappa shape index (κ2) is 6.87. The molecule has 0 saturated heterocycles. The first kappa shape index (κ1) is 16.4. The lowest BCUT2D eigenvalue weighted by atomic mass is 9.98. The summed E-state index contributed by atoms with van der Waals surface area (Å²) in [5.74, 6) is 0.926. The van der Waals surface area contributed by atoms with E-state index in [1.807, 2.05) is 25.1 Å². The van der Waals surface area contributed by atoms with Crippen LogP contribution in [0.4, 0.5) is 5.13 Å². The molecule has 22 heavy (non-hydrogen) atoms. The second-order valence-corrected chi connectivity index (χ2v) is 6.73. The fourth-order valence-corrected chi connectivity index (χ4v) is 2.78. The summed E-state index contributed by atoms with van der Waals surface area (Å²) in [5.41, 5.74) is 2.45. The molecule has 118 valence electrons. The first-order chi connectivity index (χ1) is 10.4. The fourth-order valence-electron chi connectivity index (χ4n) is 2.18. The van der Waals surface area contributed by atoms with Crippen LogP contribution in [-0.2, 0) is 4.79 Å². The van der Waals surface area contributed by atoms with Crippen LogP contribution in [0.1, 0.15) is 42.8 Å². The van der Waals surface area contributed by atoms with E-state index >= 15 is 0 Å². The molecule has 2 rings (SSSR count). The molecule has 6 heteroatoms. The lowest BCUT2D eigenvalue weighted by Gasteiger charge is -2.16. The molecule has 2 aromatic rings. The van der Waals surface area contributed by atoms with Crippen LogP contribution in [0.25, 0.3) is 0 Å². The molecule has 1 unspecified atom stereocenters. The molecule has 0 aliphatic rings. The minimum Gasteiger partial charge on any atom is -0.481 e. The Balaban J connectivity index is 2.00. The summed E-state index contributed by atoms with van der Waals surface area (Å²) in [4.78, 5) is 12.1. The molecule has 0 aliphatic heterocycles. The van der Waals surface area contributed by atoms with Crippen LogP contribution in [0.3, 0.4) is 0 Å². The molecule has 5 nitrogen and oxygen atoms in total. The Morgan fingerprint density at radius 1 is 1.23 bits per heavy atom. The van der Waals surface area contributed by atoms with Gasteiger partial charge in [0.15, 0.2) is 6.10 Å². The Labute approximate surface area is 134 Å². The van der Waals surface area contributed by atoms with Crippen LogP contribution >= 0.6 is 11.3 Å². The van der Waals surface area contributed by atoms with Gasteiger partial charge < -0.3 is 4.74 Å². The highest BCUT2D eigenvalue weighted by Gasteiger charge is 2.17. The molecule has 0 saturated carbocycles. The molecule has 0 spiro atoms. The molecule has 1 amide bonds. The summed E-state index contributed by atoms with van der Waals surface area (Å²) in [6, 6.07) is 5.92. The Bertz CT molecular complexity index is 667.